The van der Waals surface area contributed by atoms with Crippen LogP contribution in [-0.4, -0.2) is 16.9 Å². The third-order valence-corrected chi connectivity index (χ3v) is 4.83. The van der Waals surface area contributed by atoms with Crippen molar-refractivity contribution in [3.63, 3.8) is 0 Å². The minimum absolute atomic E-state index is 0.129. The first-order chi connectivity index (χ1) is 10.1. The van der Waals surface area contributed by atoms with Crippen molar-refractivity contribution in [3.05, 3.63) is 36.3 Å². The van der Waals surface area contributed by atoms with Crippen LogP contribution in [0, 0.1) is 23.6 Å². The fourth-order valence-corrected chi connectivity index (χ4v) is 3.87. The summed E-state index contributed by atoms with van der Waals surface area (Å²) in [5, 5.41) is 0.709. The summed E-state index contributed by atoms with van der Waals surface area (Å²) < 4.78 is 19.5. The van der Waals surface area contributed by atoms with Gasteiger partial charge in [-0.2, -0.15) is 0 Å². The molecule has 2 aliphatic carbocycles. The van der Waals surface area contributed by atoms with Crippen LogP contribution in [0.25, 0.3) is 10.9 Å². The van der Waals surface area contributed by atoms with Crippen LogP contribution < -0.4 is 4.74 Å². The van der Waals surface area contributed by atoms with E-state index in [-0.39, 0.29) is 17.8 Å². The third kappa shape index (κ3) is 2.09. The van der Waals surface area contributed by atoms with Crippen LogP contribution in [0.5, 0.6) is 5.75 Å². The quantitative estimate of drug-likeness (QED) is 0.868. The van der Waals surface area contributed by atoms with Crippen LogP contribution in [0.2, 0.25) is 0 Å². The predicted octanol–water partition coefficient (Wildman–Crippen LogP) is 3.37. The largest absolute Gasteiger partial charge is 0.490 e. The number of halogens is 1. The molecule has 0 saturated heterocycles. The number of Topliss-reactive ketones (excluding diaryl/α,β-unsaturated/α-hetero) is 1. The summed E-state index contributed by atoms with van der Waals surface area (Å²) in [6.07, 6.45) is 3.66. The zero-order valence-electron chi connectivity index (χ0n) is 11.8. The molecule has 2 saturated carbocycles. The lowest BCUT2D eigenvalue weighted by Crippen LogP contribution is -2.17. The van der Waals surface area contributed by atoms with Crippen LogP contribution >= 0.6 is 0 Å². The van der Waals surface area contributed by atoms with E-state index in [0.717, 1.165) is 18.4 Å². The molecule has 2 aliphatic rings. The van der Waals surface area contributed by atoms with Gasteiger partial charge in [0.15, 0.2) is 0 Å². The molecule has 1 aromatic carbocycles. The number of pyridine rings is 1. The van der Waals surface area contributed by atoms with Crippen molar-refractivity contribution in [1.29, 1.82) is 0 Å². The second kappa shape index (κ2) is 4.52. The molecule has 0 radical (unpaired) electrons. The molecule has 0 N–H and O–H groups in total. The van der Waals surface area contributed by atoms with Crippen molar-refractivity contribution >= 4 is 16.7 Å². The lowest BCUT2D eigenvalue weighted by Gasteiger charge is -2.17. The van der Waals surface area contributed by atoms with Crippen molar-refractivity contribution < 1.29 is 13.9 Å². The van der Waals surface area contributed by atoms with E-state index in [0.29, 0.717) is 28.8 Å². The Morgan fingerprint density at radius 2 is 2.05 bits per heavy atom. The molecule has 21 heavy (non-hydrogen) atoms. The summed E-state index contributed by atoms with van der Waals surface area (Å²) >= 11 is 0. The molecule has 1 aromatic heterocycles. The first-order valence-corrected chi connectivity index (χ1v) is 7.35. The van der Waals surface area contributed by atoms with Gasteiger partial charge in [0.2, 0.25) is 0 Å². The van der Waals surface area contributed by atoms with Crippen molar-refractivity contribution in [3.8, 4) is 5.75 Å². The molecule has 0 unspecified atom stereocenters. The zero-order valence-corrected chi connectivity index (χ0v) is 11.8. The third-order valence-electron chi connectivity index (χ3n) is 4.83. The number of ether oxygens (including phenoxy) is 1. The molecule has 0 aliphatic heterocycles. The van der Waals surface area contributed by atoms with Gasteiger partial charge < -0.3 is 4.74 Å². The number of hydrogen-bond acceptors (Lipinski definition) is 3. The van der Waals surface area contributed by atoms with Gasteiger partial charge in [0.1, 0.15) is 17.3 Å². The van der Waals surface area contributed by atoms with Crippen LogP contribution in [-0.2, 0) is 4.79 Å². The van der Waals surface area contributed by atoms with E-state index in [1.54, 1.807) is 25.3 Å². The number of benzene rings is 1. The van der Waals surface area contributed by atoms with Gasteiger partial charge in [-0.1, -0.05) is 0 Å². The van der Waals surface area contributed by atoms with Crippen LogP contribution in [0.3, 0.4) is 0 Å². The maximum Gasteiger partial charge on any atom is 0.133 e. The number of rotatable bonds is 3. The van der Waals surface area contributed by atoms with Gasteiger partial charge >= 0.3 is 0 Å². The second-order valence-corrected chi connectivity index (χ2v) is 6.15. The summed E-state index contributed by atoms with van der Waals surface area (Å²) in [5.41, 5.74) is 0.735. The summed E-state index contributed by atoms with van der Waals surface area (Å²) in [7, 11) is 0. The molecular formula is C17H16FNO2. The first kappa shape index (κ1) is 12.7. The minimum atomic E-state index is -0.286. The topological polar surface area (TPSA) is 39.2 Å². The highest BCUT2D eigenvalue weighted by Gasteiger charge is 2.58. The monoisotopic (exact) mass is 285 g/mol. The van der Waals surface area contributed by atoms with Crippen molar-refractivity contribution in [1.82, 2.24) is 4.98 Å². The van der Waals surface area contributed by atoms with E-state index in [9.17, 15) is 9.18 Å². The molecule has 0 amide bonds. The van der Waals surface area contributed by atoms with Crippen LogP contribution in [0.15, 0.2) is 30.5 Å². The van der Waals surface area contributed by atoms with E-state index in [1.807, 2.05) is 0 Å². The van der Waals surface area contributed by atoms with Gasteiger partial charge in [-0.15, -0.1) is 0 Å². The minimum Gasteiger partial charge on any atom is -0.490 e. The highest BCUT2D eigenvalue weighted by molar-refractivity contribution is 5.85. The normalized spacial score (nSPS) is 30.2. The van der Waals surface area contributed by atoms with Gasteiger partial charge in [0.05, 0.1) is 11.6 Å². The number of nitrogens with zero attached hydrogens (tertiary/aromatic N) is 1. The predicted molar refractivity (Wildman–Crippen MR) is 76.5 cm³/mol. The Balaban J connectivity index is 1.54. The Morgan fingerprint density at radius 1 is 1.29 bits per heavy atom. The van der Waals surface area contributed by atoms with Crippen LogP contribution in [0.4, 0.5) is 4.39 Å². The highest BCUT2D eigenvalue weighted by atomic mass is 19.1. The number of ketones is 1. The van der Waals surface area contributed by atoms with Gasteiger partial charge in [0, 0.05) is 17.5 Å². The first-order valence-electron chi connectivity index (χ1n) is 7.35. The van der Waals surface area contributed by atoms with Crippen LogP contribution in [0.1, 0.15) is 19.8 Å². The Hall–Kier alpha value is -1.97. The van der Waals surface area contributed by atoms with E-state index in [4.69, 9.17) is 4.74 Å². The van der Waals surface area contributed by atoms with Crippen molar-refractivity contribution in [2.24, 2.45) is 17.8 Å². The Labute approximate surface area is 122 Å². The number of aromatic nitrogens is 1. The molecule has 2 fully saturated rings. The molecule has 108 valence electrons. The van der Waals surface area contributed by atoms with E-state index < -0.39 is 0 Å². The smallest absolute Gasteiger partial charge is 0.133 e. The van der Waals surface area contributed by atoms with Gasteiger partial charge in [-0.05, 0) is 55.9 Å². The maximum atomic E-state index is 13.4. The standard InChI is InChI=1S/C17H16FNO2/c1-9(20)17-12-7-11(8-13(12)17)21-16-4-5-19-15-3-2-10(18)6-14(15)16/h2-6,11-13,17H,7-8H2,1H3/t11-,12-,13+,17-. The van der Waals surface area contributed by atoms with Crippen molar-refractivity contribution in [2.75, 3.05) is 0 Å². The van der Waals surface area contributed by atoms with E-state index in [1.165, 1.54) is 12.1 Å². The van der Waals surface area contributed by atoms with E-state index >= 15 is 0 Å². The Morgan fingerprint density at radius 3 is 2.76 bits per heavy atom. The fourth-order valence-electron chi connectivity index (χ4n) is 3.87. The molecular weight excluding hydrogens is 269 g/mol. The fraction of sp³-hybridized carbons (Fsp3) is 0.412. The lowest BCUT2D eigenvalue weighted by molar-refractivity contribution is -0.119. The number of hydrogen-bond donors (Lipinski definition) is 0. The molecule has 1 heterocycles. The molecule has 4 atom stereocenters. The zero-order chi connectivity index (χ0) is 14.6. The maximum absolute atomic E-state index is 13.4. The molecule has 3 nitrogen and oxygen atoms in total. The molecule has 4 heteroatoms. The van der Waals surface area contributed by atoms with E-state index in [2.05, 4.69) is 4.98 Å². The molecule has 0 spiro atoms. The Bertz CT molecular complexity index is 718. The summed E-state index contributed by atoms with van der Waals surface area (Å²) in [6.45, 7) is 1.68. The SMILES string of the molecule is CC(=O)[C@@H]1[C@@H]2C[C@@H](Oc3ccnc4ccc(F)cc34)C[C@@H]21. The highest BCUT2D eigenvalue weighted by Crippen LogP contribution is 2.58. The number of carbonyl (C=O) groups is 1. The molecule has 4 rings (SSSR count). The number of fused-ring (bicyclic) bond motifs is 2. The average molecular weight is 285 g/mol. The van der Waals surface area contributed by atoms with Gasteiger partial charge in [-0.3, -0.25) is 9.78 Å². The average Bonchev–Trinajstić information content (AvgIpc) is 2.97. The van der Waals surface area contributed by atoms with Gasteiger partial charge in [0.25, 0.3) is 0 Å². The lowest BCUT2D eigenvalue weighted by atomic mass is 10.1. The molecule has 0 bridgehead atoms. The summed E-state index contributed by atoms with van der Waals surface area (Å²) in [4.78, 5) is 15.6. The second-order valence-electron chi connectivity index (χ2n) is 6.15. The van der Waals surface area contributed by atoms with Gasteiger partial charge in [-0.25, -0.2) is 4.39 Å². The molecule has 2 aromatic rings. The number of carbonyl (C=O) groups excluding carboxylic acids is 1. The Kier molecular flexibility index (Phi) is 2.74. The summed E-state index contributed by atoms with van der Waals surface area (Å²) in [6, 6.07) is 6.32. The summed E-state index contributed by atoms with van der Waals surface area (Å²) in [5.74, 6) is 1.96. The van der Waals surface area contributed by atoms with Crippen molar-refractivity contribution in [2.45, 2.75) is 25.9 Å².